The van der Waals surface area contributed by atoms with Gasteiger partial charge in [0.05, 0.1) is 22.1 Å². The zero-order valence-corrected chi connectivity index (χ0v) is 13.6. The molecule has 1 aliphatic rings. The van der Waals surface area contributed by atoms with Gasteiger partial charge in [-0.1, -0.05) is 0 Å². The largest absolute Gasteiger partial charge is 0.384 e. The SMILES string of the molecule is Cc1nc(CN(C)S(=O)(=O)c2ccc3c(c2)CCN3)cs1. The second kappa shape index (κ2) is 5.40. The molecule has 2 aromatic rings. The molecule has 0 radical (unpaired) electrons. The lowest BCUT2D eigenvalue weighted by molar-refractivity contribution is 0.462. The van der Waals surface area contributed by atoms with E-state index in [1.54, 1.807) is 19.2 Å². The molecule has 0 saturated heterocycles. The third-order valence-electron chi connectivity index (χ3n) is 3.55. The number of fused-ring (bicyclic) bond motifs is 1. The van der Waals surface area contributed by atoms with Gasteiger partial charge in [-0.25, -0.2) is 13.4 Å². The number of anilines is 1. The van der Waals surface area contributed by atoms with Gasteiger partial charge in [0.15, 0.2) is 0 Å². The Morgan fingerprint density at radius 3 is 2.95 bits per heavy atom. The van der Waals surface area contributed by atoms with Gasteiger partial charge in [-0.15, -0.1) is 11.3 Å². The molecule has 1 aliphatic heterocycles. The second-order valence-electron chi connectivity index (χ2n) is 5.11. The van der Waals surface area contributed by atoms with E-state index in [0.717, 1.165) is 34.9 Å². The van der Waals surface area contributed by atoms with E-state index < -0.39 is 10.0 Å². The fraction of sp³-hybridized carbons (Fsp3) is 0.357. The lowest BCUT2D eigenvalue weighted by atomic mass is 10.2. The first kappa shape index (κ1) is 14.5. The van der Waals surface area contributed by atoms with Crippen LogP contribution in [0.3, 0.4) is 0 Å². The van der Waals surface area contributed by atoms with Crippen LogP contribution in [0.1, 0.15) is 16.3 Å². The molecule has 0 saturated carbocycles. The monoisotopic (exact) mass is 323 g/mol. The van der Waals surface area contributed by atoms with Crippen LogP contribution < -0.4 is 5.32 Å². The molecule has 0 atom stereocenters. The average molecular weight is 323 g/mol. The molecule has 1 aromatic heterocycles. The van der Waals surface area contributed by atoms with Gasteiger partial charge in [-0.05, 0) is 37.1 Å². The smallest absolute Gasteiger partial charge is 0.243 e. The highest BCUT2D eigenvalue weighted by atomic mass is 32.2. The maximum absolute atomic E-state index is 12.6. The van der Waals surface area contributed by atoms with Crippen molar-refractivity contribution in [3.8, 4) is 0 Å². The van der Waals surface area contributed by atoms with Crippen molar-refractivity contribution in [1.82, 2.24) is 9.29 Å². The highest BCUT2D eigenvalue weighted by Gasteiger charge is 2.23. The topological polar surface area (TPSA) is 62.3 Å². The minimum absolute atomic E-state index is 0.294. The molecule has 7 heteroatoms. The average Bonchev–Trinajstić information content (AvgIpc) is 3.06. The van der Waals surface area contributed by atoms with Crippen LogP contribution in [0.15, 0.2) is 28.5 Å². The minimum atomic E-state index is -3.48. The van der Waals surface area contributed by atoms with Crippen LogP contribution in [0.25, 0.3) is 0 Å². The number of thiazole rings is 1. The fourth-order valence-electron chi connectivity index (χ4n) is 2.42. The van der Waals surface area contributed by atoms with Crippen molar-refractivity contribution in [2.24, 2.45) is 0 Å². The van der Waals surface area contributed by atoms with E-state index in [4.69, 9.17) is 0 Å². The summed E-state index contributed by atoms with van der Waals surface area (Å²) in [7, 11) is -1.89. The first-order valence-corrected chi connectivity index (χ1v) is 9.03. The number of aromatic nitrogens is 1. The highest BCUT2D eigenvalue weighted by Crippen LogP contribution is 2.26. The molecular formula is C14H17N3O2S2. The third-order valence-corrected chi connectivity index (χ3v) is 6.17. The standard InChI is InChI=1S/C14H17N3O2S2/c1-10-16-12(9-20-10)8-17(2)21(18,19)13-3-4-14-11(7-13)5-6-15-14/h3-4,7,9,15H,5-6,8H2,1-2H3. The summed E-state index contributed by atoms with van der Waals surface area (Å²) < 4.78 is 26.6. The van der Waals surface area contributed by atoms with Crippen LogP contribution >= 0.6 is 11.3 Å². The maximum Gasteiger partial charge on any atom is 0.243 e. The van der Waals surface area contributed by atoms with E-state index in [0.29, 0.717) is 11.4 Å². The van der Waals surface area contributed by atoms with Gasteiger partial charge in [-0.3, -0.25) is 0 Å². The van der Waals surface area contributed by atoms with E-state index in [9.17, 15) is 8.42 Å². The van der Waals surface area contributed by atoms with Gasteiger partial charge in [0.2, 0.25) is 10.0 Å². The van der Waals surface area contributed by atoms with Crippen molar-refractivity contribution < 1.29 is 8.42 Å². The van der Waals surface area contributed by atoms with Crippen molar-refractivity contribution in [2.45, 2.75) is 24.8 Å². The highest BCUT2D eigenvalue weighted by molar-refractivity contribution is 7.89. The number of hydrogen-bond donors (Lipinski definition) is 1. The van der Waals surface area contributed by atoms with Gasteiger partial charge in [0, 0.05) is 24.7 Å². The lowest BCUT2D eigenvalue weighted by Gasteiger charge is -2.16. The molecule has 1 aromatic carbocycles. The Hall–Kier alpha value is -1.44. The Kier molecular flexibility index (Phi) is 3.73. The minimum Gasteiger partial charge on any atom is -0.384 e. The molecule has 21 heavy (non-hydrogen) atoms. The summed E-state index contributed by atoms with van der Waals surface area (Å²) >= 11 is 1.53. The molecule has 1 N–H and O–H groups in total. The molecule has 0 amide bonds. The summed E-state index contributed by atoms with van der Waals surface area (Å²) in [5.74, 6) is 0. The van der Waals surface area contributed by atoms with E-state index >= 15 is 0 Å². The lowest BCUT2D eigenvalue weighted by Crippen LogP contribution is -2.26. The van der Waals surface area contributed by atoms with Crippen LogP contribution in [0.4, 0.5) is 5.69 Å². The van der Waals surface area contributed by atoms with Crippen molar-refractivity contribution in [3.63, 3.8) is 0 Å². The third kappa shape index (κ3) is 2.81. The molecular weight excluding hydrogens is 306 g/mol. The normalized spacial score (nSPS) is 14.2. The van der Waals surface area contributed by atoms with Gasteiger partial charge >= 0.3 is 0 Å². The van der Waals surface area contributed by atoms with Crippen LogP contribution in [0, 0.1) is 6.92 Å². The van der Waals surface area contributed by atoms with E-state index in [1.165, 1.54) is 15.6 Å². The number of nitrogens with one attached hydrogen (secondary N) is 1. The molecule has 3 rings (SSSR count). The zero-order chi connectivity index (χ0) is 15.0. The Morgan fingerprint density at radius 2 is 2.24 bits per heavy atom. The Morgan fingerprint density at radius 1 is 1.43 bits per heavy atom. The number of aryl methyl sites for hydroxylation is 1. The Balaban J connectivity index is 1.85. The van der Waals surface area contributed by atoms with E-state index in [2.05, 4.69) is 10.3 Å². The van der Waals surface area contributed by atoms with Gasteiger partial charge in [0.25, 0.3) is 0 Å². The van der Waals surface area contributed by atoms with Crippen molar-refractivity contribution in [3.05, 3.63) is 39.8 Å². The molecule has 0 spiro atoms. The predicted octanol–water partition coefficient (Wildman–Crippen LogP) is 2.24. The second-order valence-corrected chi connectivity index (χ2v) is 8.22. The van der Waals surface area contributed by atoms with Crippen molar-refractivity contribution in [2.75, 3.05) is 18.9 Å². The summed E-state index contributed by atoms with van der Waals surface area (Å²) in [6.45, 7) is 3.07. The number of sulfonamides is 1. The van der Waals surface area contributed by atoms with E-state index in [1.807, 2.05) is 18.4 Å². The molecule has 5 nitrogen and oxygen atoms in total. The van der Waals surface area contributed by atoms with Crippen LogP contribution in [-0.2, 0) is 23.0 Å². The van der Waals surface area contributed by atoms with Crippen LogP contribution in [-0.4, -0.2) is 31.3 Å². The van der Waals surface area contributed by atoms with Gasteiger partial charge < -0.3 is 5.32 Å². The summed E-state index contributed by atoms with van der Waals surface area (Å²) in [5, 5.41) is 6.07. The Bertz CT molecular complexity index is 768. The fourth-order valence-corrected chi connectivity index (χ4v) is 4.21. The quantitative estimate of drug-likeness (QED) is 0.937. The molecule has 112 valence electrons. The summed E-state index contributed by atoms with van der Waals surface area (Å²) in [6, 6.07) is 5.28. The number of benzene rings is 1. The zero-order valence-electron chi connectivity index (χ0n) is 12.0. The van der Waals surface area contributed by atoms with Gasteiger partial charge in [-0.2, -0.15) is 4.31 Å². The Labute approximate surface area is 128 Å². The number of rotatable bonds is 4. The van der Waals surface area contributed by atoms with Crippen LogP contribution in [0.2, 0.25) is 0 Å². The van der Waals surface area contributed by atoms with Gasteiger partial charge in [0.1, 0.15) is 0 Å². The predicted molar refractivity (Wildman–Crippen MR) is 84.1 cm³/mol. The molecule has 2 heterocycles. The van der Waals surface area contributed by atoms with Crippen molar-refractivity contribution >= 4 is 27.0 Å². The summed E-state index contributed by atoms with van der Waals surface area (Å²) in [5.41, 5.74) is 2.88. The summed E-state index contributed by atoms with van der Waals surface area (Å²) in [4.78, 5) is 4.66. The molecule has 0 aliphatic carbocycles. The summed E-state index contributed by atoms with van der Waals surface area (Å²) in [6.07, 6.45) is 0.869. The van der Waals surface area contributed by atoms with E-state index in [-0.39, 0.29) is 0 Å². The van der Waals surface area contributed by atoms with Crippen LogP contribution in [0.5, 0.6) is 0 Å². The first-order valence-electron chi connectivity index (χ1n) is 6.71. The first-order chi connectivity index (χ1) is 9.96. The number of nitrogens with zero attached hydrogens (tertiary/aromatic N) is 2. The molecule has 0 bridgehead atoms. The van der Waals surface area contributed by atoms with Crippen molar-refractivity contribution in [1.29, 1.82) is 0 Å². The number of hydrogen-bond acceptors (Lipinski definition) is 5. The molecule has 0 fully saturated rings. The molecule has 0 unspecified atom stereocenters. The maximum atomic E-state index is 12.6.